The molecule has 0 unspecified atom stereocenters. The molecule has 3 atom stereocenters. The minimum absolute atomic E-state index is 0.0124. The zero-order chi connectivity index (χ0) is 15.8. The molecule has 23 heavy (non-hydrogen) atoms. The van der Waals surface area contributed by atoms with Gasteiger partial charge in [0.05, 0.1) is 6.10 Å². The van der Waals surface area contributed by atoms with Gasteiger partial charge in [0.15, 0.2) is 0 Å². The van der Waals surface area contributed by atoms with E-state index >= 15 is 0 Å². The number of ether oxygens (including phenoxy) is 1. The number of carbonyl (C=O) groups excluding carboxylic acids is 1. The third kappa shape index (κ3) is 2.70. The van der Waals surface area contributed by atoms with Crippen LogP contribution in [0.2, 0.25) is 0 Å². The fraction of sp³-hybridized carbons (Fsp3) is 0.533. The van der Waals surface area contributed by atoms with Gasteiger partial charge in [0.25, 0.3) is 5.91 Å². The lowest BCUT2D eigenvalue weighted by Crippen LogP contribution is -2.45. The van der Waals surface area contributed by atoms with Gasteiger partial charge in [0.2, 0.25) is 11.7 Å². The van der Waals surface area contributed by atoms with Crippen molar-refractivity contribution in [2.45, 2.75) is 32.0 Å². The number of piperidine rings is 1. The van der Waals surface area contributed by atoms with Gasteiger partial charge >= 0.3 is 0 Å². The van der Waals surface area contributed by atoms with Crippen LogP contribution in [-0.2, 0) is 4.74 Å². The standard InChI is InChI=1S/C15H17N5O3/c1-9-18-14(19-23-9)12-6-10-3-5-20(7-13(10)22-12)15(21)11-2-4-16-8-17-11/h2,4,8,10,12-13H,3,5-7H2,1H3/t10-,12+,13+/m1/s1. The highest BCUT2D eigenvalue weighted by Gasteiger charge is 2.42. The largest absolute Gasteiger partial charge is 0.365 e. The van der Waals surface area contributed by atoms with Crippen LogP contribution in [0.1, 0.15) is 41.1 Å². The van der Waals surface area contributed by atoms with Crippen LogP contribution in [0, 0.1) is 12.8 Å². The summed E-state index contributed by atoms with van der Waals surface area (Å²) < 4.78 is 11.1. The number of likely N-dealkylation sites (tertiary alicyclic amines) is 1. The van der Waals surface area contributed by atoms with Crippen molar-refractivity contribution in [3.05, 3.63) is 36.0 Å². The van der Waals surface area contributed by atoms with Crippen LogP contribution in [-0.4, -0.2) is 50.1 Å². The molecule has 0 saturated carbocycles. The van der Waals surface area contributed by atoms with Crippen molar-refractivity contribution in [1.29, 1.82) is 0 Å². The van der Waals surface area contributed by atoms with E-state index in [0.29, 0.717) is 36.4 Å². The maximum atomic E-state index is 12.5. The van der Waals surface area contributed by atoms with Crippen molar-refractivity contribution in [2.75, 3.05) is 13.1 Å². The molecular formula is C15H17N5O3. The molecule has 4 heterocycles. The van der Waals surface area contributed by atoms with Gasteiger partial charge in [-0.05, 0) is 24.8 Å². The molecule has 0 aromatic carbocycles. The molecule has 0 bridgehead atoms. The van der Waals surface area contributed by atoms with Crippen molar-refractivity contribution in [3.63, 3.8) is 0 Å². The number of nitrogens with zero attached hydrogens (tertiary/aromatic N) is 5. The van der Waals surface area contributed by atoms with E-state index < -0.39 is 0 Å². The number of aryl methyl sites for hydroxylation is 1. The molecule has 8 heteroatoms. The van der Waals surface area contributed by atoms with Crippen molar-refractivity contribution in [3.8, 4) is 0 Å². The van der Waals surface area contributed by atoms with E-state index in [1.54, 1.807) is 24.1 Å². The van der Waals surface area contributed by atoms with Crippen molar-refractivity contribution in [2.24, 2.45) is 5.92 Å². The summed E-state index contributed by atoms with van der Waals surface area (Å²) in [5.41, 5.74) is 0.418. The molecule has 4 rings (SSSR count). The maximum absolute atomic E-state index is 12.5. The molecule has 0 aliphatic carbocycles. The quantitative estimate of drug-likeness (QED) is 0.820. The molecule has 2 fully saturated rings. The van der Waals surface area contributed by atoms with Gasteiger partial charge < -0.3 is 14.2 Å². The van der Waals surface area contributed by atoms with E-state index in [-0.39, 0.29) is 18.1 Å². The van der Waals surface area contributed by atoms with Gasteiger partial charge in [0, 0.05) is 26.2 Å². The zero-order valence-electron chi connectivity index (χ0n) is 12.8. The highest BCUT2D eigenvalue weighted by atomic mass is 16.5. The van der Waals surface area contributed by atoms with E-state index in [0.717, 1.165) is 12.8 Å². The Balaban J connectivity index is 1.44. The molecule has 2 aromatic rings. The number of aromatic nitrogens is 4. The molecule has 120 valence electrons. The van der Waals surface area contributed by atoms with E-state index in [2.05, 4.69) is 20.1 Å². The first-order valence-electron chi connectivity index (χ1n) is 7.71. The van der Waals surface area contributed by atoms with Crippen LogP contribution in [0.4, 0.5) is 0 Å². The van der Waals surface area contributed by atoms with Gasteiger partial charge in [-0.1, -0.05) is 5.16 Å². The fourth-order valence-electron chi connectivity index (χ4n) is 3.31. The second kappa shape index (κ2) is 5.69. The highest BCUT2D eigenvalue weighted by Crippen LogP contribution is 2.40. The summed E-state index contributed by atoms with van der Waals surface area (Å²) in [7, 11) is 0. The van der Waals surface area contributed by atoms with Crippen LogP contribution >= 0.6 is 0 Å². The first-order chi connectivity index (χ1) is 11.2. The Morgan fingerprint density at radius 3 is 3.09 bits per heavy atom. The lowest BCUT2D eigenvalue weighted by atomic mass is 9.91. The summed E-state index contributed by atoms with van der Waals surface area (Å²) in [6, 6.07) is 1.63. The molecule has 2 aliphatic heterocycles. The second-order valence-electron chi connectivity index (χ2n) is 5.97. The van der Waals surface area contributed by atoms with Crippen LogP contribution in [0.5, 0.6) is 0 Å². The molecule has 0 N–H and O–H groups in total. The van der Waals surface area contributed by atoms with E-state index in [4.69, 9.17) is 9.26 Å². The summed E-state index contributed by atoms with van der Waals surface area (Å²) >= 11 is 0. The van der Waals surface area contributed by atoms with Crippen LogP contribution in [0.25, 0.3) is 0 Å². The Kier molecular flexibility index (Phi) is 3.53. The molecule has 2 aromatic heterocycles. The van der Waals surface area contributed by atoms with Crippen molar-refractivity contribution >= 4 is 5.91 Å². The minimum Gasteiger partial charge on any atom is -0.365 e. The normalized spacial score (nSPS) is 27.0. The van der Waals surface area contributed by atoms with Crippen molar-refractivity contribution < 1.29 is 14.1 Å². The van der Waals surface area contributed by atoms with Gasteiger partial charge in [-0.25, -0.2) is 9.97 Å². The van der Waals surface area contributed by atoms with Gasteiger partial charge in [-0.3, -0.25) is 4.79 Å². The SMILES string of the molecule is Cc1nc([C@@H]2C[C@H]3CCN(C(=O)c4ccncn4)C[C@@H]3O2)no1. The van der Waals surface area contributed by atoms with E-state index in [1.807, 2.05) is 0 Å². The Labute approximate surface area is 132 Å². The molecular weight excluding hydrogens is 298 g/mol. The fourth-order valence-corrected chi connectivity index (χ4v) is 3.31. The summed E-state index contributed by atoms with van der Waals surface area (Å²) in [6.45, 7) is 3.05. The van der Waals surface area contributed by atoms with Gasteiger partial charge in [-0.15, -0.1) is 0 Å². The number of carbonyl (C=O) groups is 1. The predicted molar refractivity (Wildman–Crippen MR) is 77.3 cm³/mol. The number of hydrogen-bond donors (Lipinski definition) is 0. The summed E-state index contributed by atoms with van der Waals surface area (Å²) in [5, 5.41) is 3.95. The van der Waals surface area contributed by atoms with Gasteiger partial charge in [0.1, 0.15) is 18.1 Å². The van der Waals surface area contributed by atoms with Crippen LogP contribution in [0.15, 0.2) is 23.1 Å². The lowest BCUT2D eigenvalue weighted by molar-refractivity contribution is -0.00762. The smallest absolute Gasteiger partial charge is 0.272 e. The molecule has 2 aliphatic rings. The molecule has 2 saturated heterocycles. The molecule has 8 nitrogen and oxygen atoms in total. The highest BCUT2D eigenvalue weighted by molar-refractivity contribution is 5.92. The maximum Gasteiger partial charge on any atom is 0.272 e. The Bertz CT molecular complexity index is 704. The minimum atomic E-state index is -0.142. The molecule has 0 spiro atoms. The average molecular weight is 315 g/mol. The monoisotopic (exact) mass is 315 g/mol. The number of rotatable bonds is 2. The van der Waals surface area contributed by atoms with Crippen LogP contribution in [0.3, 0.4) is 0 Å². The molecule has 1 amide bonds. The topological polar surface area (TPSA) is 94.2 Å². The lowest BCUT2D eigenvalue weighted by Gasteiger charge is -2.33. The first-order valence-corrected chi connectivity index (χ1v) is 7.71. The van der Waals surface area contributed by atoms with Crippen molar-refractivity contribution in [1.82, 2.24) is 25.0 Å². The third-order valence-electron chi connectivity index (χ3n) is 4.47. The summed E-state index contributed by atoms with van der Waals surface area (Å²) in [6.07, 6.45) is 4.62. The predicted octanol–water partition coefficient (Wildman–Crippen LogP) is 1.16. The Morgan fingerprint density at radius 2 is 2.35 bits per heavy atom. The number of amides is 1. The van der Waals surface area contributed by atoms with Crippen LogP contribution < -0.4 is 0 Å². The summed E-state index contributed by atoms with van der Waals surface area (Å²) in [4.78, 5) is 26.4. The second-order valence-corrected chi connectivity index (χ2v) is 5.97. The third-order valence-corrected chi connectivity index (χ3v) is 4.47. The van der Waals surface area contributed by atoms with E-state index in [9.17, 15) is 4.79 Å². The molecule has 0 radical (unpaired) electrons. The van der Waals surface area contributed by atoms with E-state index in [1.165, 1.54) is 6.33 Å². The Hall–Kier alpha value is -2.35. The first kappa shape index (κ1) is 14.3. The summed E-state index contributed by atoms with van der Waals surface area (Å²) in [5.74, 6) is 1.49. The number of hydrogen-bond acceptors (Lipinski definition) is 7. The van der Waals surface area contributed by atoms with Gasteiger partial charge in [-0.2, -0.15) is 4.98 Å². The zero-order valence-corrected chi connectivity index (χ0v) is 12.8. The number of fused-ring (bicyclic) bond motifs is 1. The average Bonchev–Trinajstić information content (AvgIpc) is 3.20. The Morgan fingerprint density at radius 1 is 1.43 bits per heavy atom.